The van der Waals surface area contributed by atoms with E-state index in [0.717, 1.165) is 14.2 Å². The van der Waals surface area contributed by atoms with Crippen LogP contribution >= 0.6 is 0 Å². The van der Waals surface area contributed by atoms with Gasteiger partial charge in [-0.1, -0.05) is 0 Å². The highest BCUT2D eigenvalue weighted by molar-refractivity contribution is 5.82. The number of methoxy groups -OCH3 is 2. The largest absolute Gasteiger partial charge is 0.467 e. The van der Waals surface area contributed by atoms with Crippen LogP contribution in [0.1, 0.15) is 13.8 Å². The van der Waals surface area contributed by atoms with Gasteiger partial charge >= 0.3 is 11.9 Å². The van der Waals surface area contributed by atoms with E-state index in [1.807, 2.05) is 0 Å². The van der Waals surface area contributed by atoms with Gasteiger partial charge in [0.15, 0.2) is 24.8 Å². The Morgan fingerprint density at radius 3 is 1.40 bits per heavy atom. The van der Waals surface area contributed by atoms with E-state index >= 15 is 0 Å². The molecule has 0 amide bonds. The minimum absolute atomic E-state index is 0. The third kappa shape index (κ3) is 2.46. The Bertz CT molecular complexity index is 505. The van der Waals surface area contributed by atoms with Crippen LogP contribution in [0, 0.1) is 0 Å². The molecule has 0 aromatic heterocycles. The molecule has 0 radical (unpaired) electrons. The van der Waals surface area contributed by atoms with Gasteiger partial charge in [-0.05, 0) is 13.8 Å². The van der Waals surface area contributed by atoms with Crippen molar-refractivity contribution in [2.24, 2.45) is 0 Å². The van der Waals surface area contributed by atoms with Crippen LogP contribution in [-0.2, 0) is 38.0 Å². The summed E-state index contributed by atoms with van der Waals surface area (Å²) in [6.45, 7) is 2.90. The Kier molecular flexibility index (Phi) is 5.14. The van der Waals surface area contributed by atoms with Gasteiger partial charge < -0.3 is 44.1 Å². The van der Waals surface area contributed by atoms with Gasteiger partial charge in [0.2, 0.25) is 11.2 Å². The maximum atomic E-state index is 12.0. The molecule has 0 bridgehead atoms. The molecule has 25 heavy (non-hydrogen) atoms. The van der Waals surface area contributed by atoms with Crippen molar-refractivity contribution in [3.63, 3.8) is 0 Å². The third-order valence-corrected chi connectivity index (χ3v) is 4.86. The monoisotopic (exact) mass is 366 g/mol. The molecule has 4 N–H and O–H groups in total. The standard InChI is InChI=1S/C14H20O10.H2O/c1-5-13(17,11(15)19-3)7-9(21-5)24-8-10(23-7)22-6(2)14(8,18)12(16)20-4;/h5-10,17-18H,1-4H3;1H2/t5-,6-,7+,8+,9-,10-,13+,14+;/m0./s1. The molecule has 144 valence electrons. The van der Waals surface area contributed by atoms with E-state index in [0.29, 0.717) is 0 Å². The van der Waals surface area contributed by atoms with Crippen molar-refractivity contribution in [2.75, 3.05) is 14.2 Å². The molecule has 11 nitrogen and oxygen atoms in total. The van der Waals surface area contributed by atoms with E-state index in [1.165, 1.54) is 13.8 Å². The number of carbonyl (C=O) groups excluding carboxylic acids is 2. The second-order valence-electron chi connectivity index (χ2n) is 6.04. The molecule has 3 aliphatic rings. The van der Waals surface area contributed by atoms with E-state index in [1.54, 1.807) is 0 Å². The Balaban J connectivity index is 0.00000225. The van der Waals surface area contributed by atoms with Gasteiger partial charge in [0.1, 0.15) is 12.2 Å². The lowest BCUT2D eigenvalue weighted by molar-refractivity contribution is -0.326. The van der Waals surface area contributed by atoms with Gasteiger partial charge in [-0.3, -0.25) is 0 Å². The zero-order valence-corrected chi connectivity index (χ0v) is 14.1. The van der Waals surface area contributed by atoms with Crippen LogP contribution in [0.15, 0.2) is 0 Å². The summed E-state index contributed by atoms with van der Waals surface area (Å²) in [6.07, 6.45) is -6.88. The Morgan fingerprint density at radius 1 is 0.800 bits per heavy atom. The van der Waals surface area contributed by atoms with Crippen LogP contribution in [0.3, 0.4) is 0 Å². The van der Waals surface area contributed by atoms with Gasteiger partial charge in [-0.2, -0.15) is 0 Å². The van der Waals surface area contributed by atoms with Gasteiger partial charge in [0.05, 0.1) is 14.2 Å². The Labute approximate surface area is 143 Å². The summed E-state index contributed by atoms with van der Waals surface area (Å²) in [5.74, 6) is -1.89. The molecular formula is C14H22O11. The van der Waals surface area contributed by atoms with Crippen molar-refractivity contribution in [3.8, 4) is 0 Å². The first kappa shape index (κ1) is 20.0. The summed E-state index contributed by atoms with van der Waals surface area (Å²) >= 11 is 0. The van der Waals surface area contributed by atoms with Crippen molar-refractivity contribution in [1.82, 2.24) is 0 Å². The van der Waals surface area contributed by atoms with Crippen LogP contribution in [0.4, 0.5) is 0 Å². The minimum Gasteiger partial charge on any atom is -0.467 e. The number of carbonyl (C=O) groups is 2. The van der Waals surface area contributed by atoms with E-state index < -0.39 is 60.1 Å². The third-order valence-electron chi connectivity index (χ3n) is 4.86. The molecule has 3 fully saturated rings. The fourth-order valence-corrected chi connectivity index (χ4v) is 3.35. The van der Waals surface area contributed by atoms with E-state index in [2.05, 4.69) is 9.47 Å². The molecule has 3 rings (SSSR count). The summed E-state index contributed by atoms with van der Waals surface area (Å²) in [7, 11) is 2.24. The molecular weight excluding hydrogens is 344 g/mol. The molecule has 8 atom stereocenters. The molecule has 11 heteroatoms. The van der Waals surface area contributed by atoms with Crippen molar-refractivity contribution >= 4 is 11.9 Å². The summed E-state index contributed by atoms with van der Waals surface area (Å²) in [5, 5.41) is 21.4. The summed E-state index contributed by atoms with van der Waals surface area (Å²) in [6, 6.07) is 0. The second-order valence-corrected chi connectivity index (χ2v) is 6.04. The first-order valence-electron chi connectivity index (χ1n) is 7.44. The first-order valence-corrected chi connectivity index (χ1v) is 7.44. The van der Waals surface area contributed by atoms with Crippen molar-refractivity contribution in [2.45, 2.75) is 62.0 Å². The zero-order chi connectivity index (χ0) is 17.9. The summed E-state index contributed by atoms with van der Waals surface area (Å²) < 4.78 is 31.3. The molecule has 0 aromatic carbocycles. The lowest BCUT2D eigenvalue weighted by atomic mass is 9.90. The SMILES string of the molecule is COC(=O)[C@@]1(O)[C@H](C)O[C@H]2O[C@@H]3[C@@H](O[C@@H](C)[C@]3(O)C(=O)OC)O[C@H]21.O. The predicted molar refractivity (Wildman–Crippen MR) is 76.0 cm³/mol. The Morgan fingerprint density at radius 2 is 1.12 bits per heavy atom. The Hall–Kier alpha value is -1.34. The van der Waals surface area contributed by atoms with Crippen LogP contribution in [0.5, 0.6) is 0 Å². The number of rotatable bonds is 2. The highest BCUT2D eigenvalue weighted by Gasteiger charge is 2.70. The summed E-state index contributed by atoms with van der Waals surface area (Å²) in [5.41, 5.74) is -4.22. The molecule has 0 aromatic rings. The normalized spacial score (nSPS) is 48.1. The minimum atomic E-state index is -2.11. The highest BCUT2D eigenvalue weighted by Crippen LogP contribution is 2.46. The number of aliphatic hydroxyl groups is 2. The second kappa shape index (κ2) is 6.43. The molecule has 0 spiro atoms. The van der Waals surface area contributed by atoms with Crippen LogP contribution in [-0.4, -0.2) is 90.0 Å². The number of hydrogen-bond donors (Lipinski definition) is 2. The predicted octanol–water partition coefficient (Wildman–Crippen LogP) is -2.76. The maximum absolute atomic E-state index is 12.0. The molecule has 3 heterocycles. The number of fused-ring (bicyclic) bond motifs is 2. The van der Waals surface area contributed by atoms with E-state index in [4.69, 9.17) is 18.9 Å². The van der Waals surface area contributed by atoms with Crippen molar-refractivity contribution < 1.29 is 53.7 Å². The number of esters is 2. The zero-order valence-electron chi connectivity index (χ0n) is 14.1. The van der Waals surface area contributed by atoms with Crippen LogP contribution in [0.2, 0.25) is 0 Å². The van der Waals surface area contributed by atoms with Crippen LogP contribution in [0.25, 0.3) is 0 Å². The van der Waals surface area contributed by atoms with Crippen molar-refractivity contribution in [3.05, 3.63) is 0 Å². The quantitative estimate of drug-likeness (QED) is 0.490. The van der Waals surface area contributed by atoms with E-state index in [-0.39, 0.29) is 5.48 Å². The van der Waals surface area contributed by atoms with Crippen molar-refractivity contribution in [1.29, 1.82) is 0 Å². The first-order chi connectivity index (χ1) is 11.2. The van der Waals surface area contributed by atoms with Gasteiger partial charge in [0, 0.05) is 0 Å². The fourth-order valence-electron chi connectivity index (χ4n) is 3.35. The highest BCUT2D eigenvalue weighted by atomic mass is 16.8. The van der Waals surface area contributed by atoms with E-state index in [9.17, 15) is 19.8 Å². The molecule has 3 aliphatic heterocycles. The topological polar surface area (TPSA) is 161 Å². The average Bonchev–Trinajstić information content (AvgIpc) is 2.97. The lowest BCUT2D eigenvalue weighted by Crippen LogP contribution is -2.63. The molecule has 0 aliphatic carbocycles. The average molecular weight is 366 g/mol. The van der Waals surface area contributed by atoms with Gasteiger partial charge in [0.25, 0.3) is 0 Å². The lowest BCUT2D eigenvalue weighted by Gasteiger charge is -2.39. The smallest absolute Gasteiger partial charge is 0.343 e. The molecule has 0 saturated carbocycles. The van der Waals surface area contributed by atoms with Gasteiger partial charge in [-0.25, -0.2) is 9.59 Å². The molecule has 0 unspecified atom stereocenters. The fraction of sp³-hybridized carbons (Fsp3) is 0.857. The summed E-state index contributed by atoms with van der Waals surface area (Å²) in [4.78, 5) is 24.0. The van der Waals surface area contributed by atoms with Crippen LogP contribution < -0.4 is 0 Å². The van der Waals surface area contributed by atoms with Gasteiger partial charge in [-0.15, -0.1) is 0 Å². The molecule has 3 saturated heterocycles. The number of hydrogen-bond acceptors (Lipinski definition) is 10. The maximum Gasteiger partial charge on any atom is 0.343 e. The number of ether oxygens (including phenoxy) is 6.